The Morgan fingerprint density at radius 1 is 1.04 bits per heavy atom. The summed E-state index contributed by atoms with van der Waals surface area (Å²) in [5.41, 5.74) is 0. The van der Waals surface area contributed by atoms with E-state index in [4.69, 9.17) is 18.9 Å². The van der Waals surface area contributed by atoms with Crippen molar-refractivity contribution in [2.45, 2.75) is 93.3 Å². The second kappa shape index (κ2) is 9.88. The molecule has 0 saturated carbocycles. The fraction of sp³-hybridized carbons (Fsp3) is 0.818. The average molecular weight is 399 g/mol. The number of allylic oxidation sites excluding steroid dienone is 1. The predicted molar refractivity (Wildman–Crippen MR) is 107 cm³/mol. The molecule has 1 aliphatic heterocycles. The standard InChI is InChI=1S/C22H38O6/c1-11-18(26-21(24)12(2)3)14(5)20-15(6)19(27-22(9,10)28-20)13(4)16(7)25-17(8)23/h11-16,19-20H,1-10H3/b18-11-/t13-,14+,15+,16+,19-,20+/m0/s1. The van der Waals surface area contributed by atoms with E-state index >= 15 is 0 Å². The zero-order valence-electron chi connectivity index (χ0n) is 19.1. The van der Waals surface area contributed by atoms with Crippen LogP contribution in [0.3, 0.4) is 0 Å². The van der Waals surface area contributed by atoms with Gasteiger partial charge in [0, 0.05) is 24.7 Å². The highest BCUT2D eigenvalue weighted by atomic mass is 16.7. The zero-order valence-corrected chi connectivity index (χ0v) is 19.1. The first kappa shape index (κ1) is 24.6. The van der Waals surface area contributed by atoms with E-state index in [0.717, 1.165) is 0 Å². The molecule has 0 aromatic rings. The average Bonchev–Trinajstić information content (AvgIpc) is 2.58. The van der Waals surface area contributed by atoms with Crippen LogP contribution >= 0.6 is 0 Å². The summed E-state index contributed by atoms with van der Waals surface area (Å²) >= 11 is 0. The highest BCUT2D eigenvalue weighted by Gasteiger charge is 2.47. The maximum atomic E-state index is 12.1. The van der Waals surface area contributed by atoms with Crippen LogP contribution < -0.4 is 0 Å². The molecule has 1 fully saturated rings. The summed E-state index contributed by atoms with van der Waals surface area (Å²) < 4.78 is 23.5. The molecule has 0 aromatic carbocycles. The smallest absolute Gasteiger partial charge is 0.313 e. The second-order valence-electron chi connectivity index (χ2n) is 8.65. The highest BCUT2D eigenvalue weighted by Crippen LogP contribution is 2.40. The Morgan fingerprint density at radius 2 is 1.57 bits per heavy atom. The number of ether oxygens (including phenoxy) is 4. The van der Waals surface area contributed by atoms with Gasteiger partial charge in [0.05, 0.1) is 18.1 Å². The molecule has 0 aliphatic carbocycles. The number of rotatable bonds is 7. The molecule has 1 rings (SSSR count). The normalized spacial score (nSPS) is 28.4. The Kier molecular flexibility index (Phi) is 8.69. The quantitative estimate of drug-likeness (QED) is 0.465. The molecule has 162 valence electrons. The van der Waals surface area contributed by atoms with Crippen LogP contribution in [0, 0.1) is 23.7 Å². The van der Waals surface area contributed by atoms with Crippen molar-refractivity contribution < 1.29 is 28.5 Å². The molecule has 1 saturated heterocycles. The van der Waals surface area contributed by atoms with Crippen LogP contribution in [0.4, 0.5) is 0 Å². The molecule has 1 aliphatic rings. The van der Waals surface area contributed by atoms with Crippen molar-refractivity contribution in [3.63, 3.8) is 0 Å². The Morgan fingerprint density at radius 3 is 2.04 bits per heavy atom. The number of hydrogen-bond acceptors (Lipinski definition) is 6. The minimum Gasteiger partial charge on any atom is -0.462 e. The molecule has 6 heteroatoms. The van der Waals surface area contributed by atoms with Crippen molar-refractivity contribution in [1.82, 2.24) is 0 Å². The van der Waals surface area contributed by atoms with Gasteiger partial charge >= 0.3 is 11.9 Å². The van der Waals surface area contributed by atoms with Gasteiger partial charge in [-0.1, -0.05) is 34.6 Å². The maximum absolute atomic E-state index is 12.1. The Bertz CT molecular complexity index is 580. The Hall–Kier alpha value is -1.40. The van der Waals surface area contributed by atoms with Gasteiger partial charge in [0.1, 0.15) is 11.9 Å². The summed E-state index contributed by atoms with van der Waals surface area (Å²) in [7, 11) is 0. The van der Waals surface area contributed by atoms with Crippen LogP contribution in [0.2, 0.25) is 0 Å². The minimum absolute atomic E-state index is 0.00346. The molecule has 1 heterocycles. The third-order valence-corrected chi connectivity index (χ3v) is 5.40. The van der Waals surface area contributed by atoms with Gasteiger partial charge in [-0.15, -0.1) is 0 Å². The van der Waals surface area contributed by atoms with E-state index in [1.807, 2.05) is 61.5 Å². The summed E-state index contributed by atoms with van der Waals surface area (Å²) in [5, 5.41) is 0. The lowest BCUT2D eigenvalue weighted by atomic mass is 9.80. The van der Waals surface area contributed by atoms with E-state index in [2.05, 4.69) is 6.92 Å². The van der Waals surface area contributed by atoms with Gasteiger partial charge in [-0.3, -0.25) is 9.59 Å². The van der Waals surface area contributed by atoms with Crippen LogP contribution in [-0.2, 0) is 28.5 Å². The summed E-state index contributed by atoms with van der Waals surface area (Å²) in [4.78, 5) is 23.5. The van der Waals surface area contributed by atoms with E-state index in [0.29, 0.717) is 5.76 Å². The molecule has 0 amide bonds. The summed E-state index contributed by atoms with van der Waals surface area (Å²) in [6.07, 6.45) is 1.15. The van der Waals surface area contributed by atoms with Crippen molar-refractivity contribution in [3.05, 3.63) is 11.8 Å². The van der Waals surface area contributed by atoms with Gasteiger partial charge in [0.25, 0.3) is 0 Å². The van der Waals surface area contributed by atoms with Crippen molar-refractivity contribution in [1.29, 1.82) is 0 Å². The van der Waals surface area contributed by atoms with Gasteiger partial charge in [-0.25, -0.2) is 0 Å². The molecule has 6 atom stereocenters. The molecule has 6 nitrogen and oxygen atoms in total. The lowest BCUT2D eigenvalue weighted by molar-refractivity contribution is -0.336. The van der Waals surface area contributed by atoms with Crippen LogP contribution in [-0.4, -0.2) is 36.0 Å². The highest BCUT2D eigenvalue weighted by molar-refractivity contribution is 5.72. The monoisotopic (exact) mass is 398 g/mol. The maximum Gasteiger partial charge on any atom is 0.313 e. The number of carbonyl (C=O) groups excluding carboxylic acids is 2. The van der Waals surface area contributed by atoms with Gasteiger partial charge in [0.15, 0.2) is 5.79 Å². The van der Waals surface area contributed by atoms with E-state index in [1.54, 1.807) is 0 Å². The summed E-state index contributed by atoms with van der Waals surface area (Å²) in [6.45, 7) is 18.6. The van der Waals surface area contributed by atoms with Crippen LogP contribution in [0.1, 0.15) is 69.2 Å². The largest absolute Gasteiger partial charge is 0.462 e. The van der Waals surface area contributed by atoms with Crippen LogP contribution in [0.5, 0.6) is 0 Å². The minimum atomic E-state index is -0.804. The SMILES string of the molecule is C/C=C(\OC(=O)C(C)C)[C@@H](C)[C@H]1OC(C)(C)O[C@@H]([C@@H](C)[C@@H](C)OC(C)=O)[C@H]1C. The Balaban J connectivity index is 3.07. The van der Waals surface area contributed by atoms with Crippen LogP contribution in [0.25, 0.3) is 0 Å². The number of carbonyl (C=O) groups is 2. The predicted octanol–water partition coefficient (Wildman–Crippen LogP) is 4.47. The first-order valence-electron chi connectivity index (χ1n) is 10.2. The van der Waals surface area contributed by atoms with Gasteiger partial charge < -0.3 is 18.9 Å². The number of hydrogen-bond donors (Lipinski definition) is 0. The summed E-state index contributed by atoms with van der Waals surface area (Å²) in [5.74, 6) is -1.12. The molecule has 28 heavy (non-hydrogen) atoms. The first-order chi connectivity index (χ1) is 12.8. The van der Waals surface area contributed by atoms with Gasteiger partial charge in [-0.2, -0.15) is 0 Å². The zero-order chi connectivity index (χ0) is 21.8. The molecular weight excluding hydrogens is 360 g/mol. The second-order valence-corrected chi connectivity index (χ2v) is 8.65. The third kappa shape index (κ3) is 6.31. The molecule has 0 aromatic heterocycles. The van der Waals surface area contributed by atoms with Gasteiger partial charge in [-0.05, 0) is 33.8 Å². The lowest BCUT2D eigenvalue weighted by Gasteiger charge is -2.49. The molecule has 0 radical (unpaired) electrons. The van der Waals surface area contributed by atoms with Crippen molar-refractivity contribution in [2.24, 2.45) is 23.7 Å². The van der Waals surface area contributed by atoms with Crippen molar-refractivity contribution in [3.8, 4) is 0 Å². The number of esters is 2. The molecular formula is C22H38O6. The van der Waals surface area contributed by atoms with E-state index in [9.17, 15) is 9.59 Å². The third-order valence-electron chi connectivity index (χ3n) is 5.40. The fourth-order valence-corrected chi connectivity index (χ4v) is 3.68. The Labute approximate surface area is 169 Å². The van der Waals surface area contributed by atoms with E-state index in [-0.39, 0.29) is 53.9 Å². The molecule has 0 bridgehead atoms. The van der Waals surface area contributed by atoms with Crippen LogP contribution in [0.15, 0.2) is 11.8 Å². The van der Waals surface area contributed by atoms with Crippen molar-refractivity contribution >= 4 is 11.9 Å². The van der Waals surface area contributed by atoms with Gasteiger partial charge in [0.2, 0.25) is 0 Å². The summed E-state index contributed by atoms with van der Waals surface area (Å²) in [6, 6.07) is 0. The van der Waals surface area contributed by atoms with E-state index < -0.39 is 5.79 Å². The lowest BCUT2D eigenvalue weighted by Crippen LogP contribution is -2.55. The topological polar surface area (TPSA) is 71.1 Å². The molecule has 0 spiro atoms. The first-order valence-corrected chi connectivity index (χ1v) is 10.2. The van der Waals surface area contributed by atoms with Crippen molar-refractivity contribution in [2.75, 3.05) is 0 Å². The van der Waals surface area contributed by atoms with E-state index in [1.165, 1.54) is 6.92 Å². The molecule has 0 unspecified atom stereocenters. The molecule has 0 N–H and O–H groups in total. The fourth-order valence-electron chi connectivity index (χ4n) is 3.68.